The van der Waals surface area contributed by atoms with Crippen LogP contribution in [0.1, 0.15) is 84.7 Å². The summed E-state index contributed by atoms with van der Waals surface area (Å²) in [5, 5.41) is 10.2. The van der Waals surface area contributed by atoms with Crippen LogP contribution in [0.5, 0.6) is 5.88 Å². The minimum absolute atomic E-state index is 0.0770. The van der Waals surface area contributed by atoms with Crippen LogP contribution in [-0.2, 0) is 22.8 Å². The predicted octanol–water partition coefficient (Wildman–Crippen LogP) is 5.30. The van der Waals surface area contributed by atoms with Gasteiger partial charge in [0.2, 0.25) is 17.7 Å². The molecule has 1 aliphatic carbocycles. The van der Waals surface area contributed by atoms with Crippen LogP contribution in [0.15, 0.2) is 53.5 Å². The van der Waals surface area contributed by atoms with Gasteiger partial charge in [0.05, 0.1) is 24.2 Å². The number of aryl methyl sites for hydroxylation is 1. The number of alkyl halides is 4. The number of halogens is 4. The van der Waals surface area contributed by atoms with Gasteiger partial charge in [0.1, 0.15) is 29.4 Å². The largest absolute Gasteiger partial charge is 0.479 e. The van der Waals surface area contributed by atoms with Gasteiger partial charge in [-0.05, 0) is 80.8 Å². The number of anilines is 1. The number of rotatable bonds is 8. The number of ether oxygens (including phenoxy) is 1. The number of imidazole rings is 1. The molecule has 3 atom stereocenters. The van der Waals surface area contributed by atoms with E-state index in [0.29, 0.717) is 40.8 Å². The summed E-state index contributed by atoms with van der Waals surface area (Å²) >= 11 is 0. The third-order valence-corrected chi connectivity index (χ3v) is 11.6. The summed E-state index contributed by atoms with van der Waals surface area (Å²) in [6, 6.07) is 9.38. The number of nitrogens with zero attached hydrogens (tertiary/aromatic N) is 7. The van der Waals surface area contributed by atoms with Gasteiger partial charge in [-0.1, -0.05) is 18.2 Å². The number of fused-ring (bicyclic) bond motifs is 2. The van der Waals surface area contributed by atoms with Crippen LogP contribution in [0.4, 0.5) is 23.4 Å². The number of aromatic nitrogens is 6. The molecule has 2 aliphatic heterocycles. The fourth-order valence-electron chi connectivity index (χ4n) is 8.75. The molecule has 0 radical (unpaired) electrons. The van der Waals surface area contributed by atoms with Crippen LogP contribution >= 0.6 is 0 Å². The standard InChI is InChI=1S/C39H41F4N9O5/c1-49-34-25(5-3-7-28(34)52(38(49)56)29-13-14-32(53)47-36(29)55)24-15-16-50(20-26(24)40)18-21-9-11-23(12-10-21)51-19-22-17-31(46-37(57-2)33(22)48-51)45-35(54)27-6-4-8-30(44-27)39(41,42)43/h3-8,17,19,21,23-24,26,29H,9-16,18,20H2,1-2H3,(H,45,54)(H,47,53,55)/t21?,23?,24-,26+,29?/m0/s1. The molecule has 3 aliphatic rings. The highest BCUT2D eigenvalue weighted by Gasteiger charge is 2.37. The van der Waals surface area contributed by atoms with Gasteiger partial charge in [0.25, 0.3) is 5.91 Å². The summed E-state index contributed by atoms with van der Waals surface area (Å²) in [4.78, 5) is 60.6. The number of pyridine rings is 2. The second kappa shape index (κ2) is 15.0. The van der Waals surface area contributed by atoms with E-state index in [4.69, 9.17) is 9.84 Å². The first-order valence-electron chi connectivity index (χ1n) is 19.0. The first kappa shape index (κ1) is 38.2. The zero-order chi connectivity index (χ0) is 40.2. The molecular formula is C39H41F4N9O5. The lowest BCUT2D eigenvalue weighted by Gasteiger charge is -2.38. The smallest absolute Gasteiger partial charge is 0.433 e. The number of para-hydroxylation sites is 1. The number of hydrogen-bond donors (Lipinski definition) is 2. The Bertz CT molecular complexity index is 2430. The molecule has 6 heterocycles. The second-order valence-corrected chi connectivity index (χ2v) is 15.2. The average molecular weight is 792 g/mol. The third kappa shape index (κ3) is 7.37. The van der Waals surface area contributed by atoms with E-state index in [1.165, 1.54) is 22.3 Å². The van der Waals surface area contributed by atoms with Crippen molar-refractivity contribution in [1.29, 1.82) is 0 Å². The van der Waals surface area contributed by atoms with E-state index in [1.807, 2.05) is 16.9 Å². The van der Waals surface area contributed by atoms with Gasteiger partial charge in [-0.15, -0.1) is 0 Å². The SMILES string of the molecule is COc1nc(NC(=O)c2cccc(C(F)(F)F)n2)cc2cn(C3CCC(CN4CC[C@@H](c5cccc6c5n(C)c(=O)n6C5CCC(=O)NC5=O)[C@H](F)C4)CC3)nc12. The lowest BCUT2D eigenvalue weighted by atomic mass is 9.83. The van der Waals surface area contributed by atoms with Gasteiger partial charge < -0.3 is 15.0 Å². The van der Waals surface area contributed by atoms with Gasteiger partial charge in [-0.25, -0.2) is 14.2 Å². The van der Waals surface area contributed by atoms with Crippen LogP contribution in [-0.4, -0.2) is 84.4 Å². The van der Waals surface area contributed by atoms with E-state index in [9.17, 15) is 32.3 Å². The highest BCUT2D eigenvalue weighted by Crippen LogP contribution is 2.39. The minimum atomic E-state index is -4.70. The molecule has 1 saturated carbocycles. The molecule has 3 amide bonds. The number of piperidine rings is 2. The third-order valence-electron chi connectivity index (χ3n) is 11.6. The Labute approximate surface area is 323 Å². The molecule has 300 valence electrons. The first-order valence-corrected chi connectivity index (χ1v) is 19.0. The summed E-state index contributed by atoms with van der Waals surface area (Å²) < 4.78 is 65.8. The van der Waals surface area contributed by atoms with Crippen molar-refractivity contribution in [2.45, 2.75) is 75.3 Å². The number of likely N-dealkylation sites (tertiary alicyclic amines) is 1. The maximum absolute atomic E-state index is 16.1. The highest BCUT2D eigenvalue weighted by molar-refractivity contribution is 6.03. The number of carbonyl (C=O) groups excluding carboxylic acids is 3. The Morgan fingerprint density at radius 1 is 1.02 bits per heavy atom. The van der Waals surface area contributed by atoms with Crippen LogP contribution in [0.25, 0.3) is 21.9 Å². The quantitative estimate of drug-likeness (QED) is 0.157. The molecule has 8 rings (SSSR count). The molecule has 0 spiro atoms. The van der Waals surface area contributed by atoms with Crippen molar-refractivity contribution in [2.24, 2.45) is 13.0 Å². The lowest BCUT2D eigenvalue weighted by Crippen LogP contribution is -2.44. The maximum atomic E-state index is 16.1. The predicted molar refractivity (Wildman–Crippen MR) is 200 cm³/mol. The van der Waals surface area contributed by atoms with Crippen LogP contribution in [0.2, 0.25) is 0 Å². The molecular weight excluding hydrogens is 750 g/mol. The minimum Gasteiger partial charge on any atom is -0.479 e. The van der Waals surface area contributed by atoms with Gasteiger partial charge in [-0.3, -0.25) is 33.5 Å². The number of hydrogen-bond acceptors (Lipinski definition) is 9. The van der Waals surface area contributed by atoms with Crippen LogP contribution in [0, 0.1) is 5.92 Å². The van der Waals surface area contributed by atoms with Crippen molar-refractivity contribution < 1.29 is 36.7 Å². The normalized spacial score (nSPS) is 23.5. The van der Waals surface area contributed by atoms with E-state index in [-0.39, 0.29) is 48.7 Å². The topological polar surface area (TPSA) is 158 Å². The lowest BCUT2D eigenvalue weighted by molar-refractivity contribution is -0.141. The first-order chi connectivity index (χ1) is 27.3. The molecule has 1 aromatic carbocycles. The summed E-state index contributed by atoms with van der Waals surface area (Å²) in [5.74, 6) is -1.55. The van der Waals surface area contributed by atoms with E-state index in [1.54, 1.807) is 25.2 Å². The molecule has 3 fully saturated rings. The molecule has 57 heavy (non-hydrogen) atoms. The molecule has 14 nitrogen and oxygen atoms in total. The van der Waals surface area contributed by atoms with Gasteiger partial charge in [0.15, 0.2) is 5.52 Å². The van der Waals surface area contributed by atoms with E-state index < -0.39 is 47.5 Å². The maximum Gasteiger partial charge on any atom is 0.433 e. The van der Waals surface area contributed by atoms with Crippen molar-refractivity contribution in [1.82, 2.24) is 39.1 Å². The molecule has 0 bridgehead atoms. The average Bonchev–Trinajstić information content (AvgIpc) is 3.73. The van der Waals surface area contributed by atoms with Gasteiger partial charge in [0, 0.05) is 44.1 Å². The summed E-state index contributed by atoms with van der Waals surface area (Å²) in [7, 11) is 3.05. The van der Waals surface area contributed by atoms with Crippen molar-refractivity contribution in [3.05, 3.63) is 76.1 Å². The number of nitrogens with one attached hydrogen (secondary N) is 2. The molecule has 5 aromatic rings. The highest BCUT2D eigenvalue weighted by atomic mass is 19.4. The van der Waals surface area contributed by atoms with E-state index >= 15 is 4.39 Å². The fraction of sp³-hybridized carbons (Fsp3) is 0.462. The number of imide groups is 1. The monoisotopic (exact) mass is 791 g/mol. The van der Waals surface area contributed by atoms with Crippen LogP contribution < -0.4 is 21.1 Å². The number of methoxy groups -OCH3 is 1. The van der Waals surface area contributed by atoms with Gasteiger partial charge >= 0.3 is 11.9 Å². The number of carbonyl (C=O) groups is 3. The molecule has 4 aromatic heterocycles. The van der Waals surface area contributed by atoms with E-state index in [0.717, 1.165) is 49.9 Å². The summed E-state index contributed by atoms with van der Waals surface area (Å²) in [6.07, 6.45) is 0.426. The molecule has 2 N–H and O–H groups in total. The Kier molecular flexibility index (Phi) is 10.1. The van der Waals surface area contributed by atoms with Gasteiger partial charge in [-0.2, -0.15) is 23.3 Å². The zero-order valence-corrected chi connectivity index (χ0v) is 31.3. The number of benzene rings is 1. The second-order valence-electron chi connectivity index (χ2n) is 15.2. The van der Waals surface area contributed by atoms with Crippen molar-refractivity contribution in [2.75, 3.05) is 32.1 Å². The Morgan fingerprint density at radius 3 is 2.51 bits per heavy atom. The van der Waals surface area contributed by atoms with Crippen molar-refractivity contribution >= 4 is 45.5 Å². The number of amides is 3. The van der Waals surface area contributed by atoms with Crippen LogP contribution in [0.3, 0.4) is 0 Å². The van der Waals surface area contributed by atoms with Crippen molar-refractivity contribution in [3.8, 4) is 5.88 Å². The molecule has 18 heteroatoms. The molecule has 1 unspecified atom stereocenters. The fourth-order valence-corrected chi connectivity index (χ4v) is 8.75. The molecule has 2 saturated heterocycles. The Balaban J connectivity index is 0.895. The van der Waals surface area contributed by atoms with E-state index in [2.05, 4.69) is 25.5 Å². The zero-order valence-electron chi connectivity index (χ0n) is 31.3. The Morgan fingerprint density at radius 2 is 1.79 bits per heavy atom. The summed E-state index contributed by atoms with van der Waals surface area (Å²) in [6.45, 7) is 1.73. The summed E-state index contributed by atoms with van der Waals surface area (Å²) in [5.41, 5.74) is 0.429. The Hall–Kier alpha value is -5.65. The van der Waals surface area contributed by atoms with Crippen molar-refractivity contribution in [3.63, 3.8) is 0 Å².